The van der Waals surface area contributed by atoms with Crippen molar-refractivity contribution in [3.8, 4) is 5.75 Å². The first-order chi connectivity index (χ1) is 9.96. The summed E-state index contributed by atoms with van der Waals surface area (Å²) in [7, 11) is 0. The van der Waals surface area contributed by atoms with Gasteiger partial charge in [0.1, 0.15) is 11.8 Å². The molecule has 0 spiro atoms. The van der Waals surface area contributed by atoms with Crippen molar-refractivity contribution in [1.29, 1.82) is 0 Å². The molecule has 1 aromatic rings. The molecule has 1 aromatic carbocycles. The third kappa shape index (κ3) is 5.72. The van der Waals surface area contributed by atoms with Crippen LogP contribution < -0.4 is 10.6 Å². The molecule has 0 aliphatic heterocycles. The highest BCUT2D eigenvalue weighted by molar-refractivity contribution is 5.82. The van der Waals surface area contributed by atoms with Crippen LogP contribution in [0.3, 0.4) is 0 Å². The highest BCUT2D eigenvalue weighted by atomic mass is 16.4. The highest BCUT2D eigenvalue weighted by Crippen LogP contribution is 2.11. The molecule has 116 valence electrons. The van der Waals surface area contributed by atoms with Gasteiger partial charge in [-0.15, -0.1) is 0 Å². The van der Waals surface area contributed by atoms with E-state index >= 15 is 0 Å². The van der Waals surface area contributed by atoms with E-state index in [1.807, 2.05) is 13.8 Å². The lowest BCUT2D eigenvalue weighted by Gasteiger charge is -2.19. The summed E-state index contributed by atoms with van der Waals surface area (Å²) in [6.45, 7) is 3.92. The molecule has 0 radical (unpaired) electrons. The number of amides is 2. The van der Waals surface area contributed by atoms with E-state index in [4.69, 9.17) is 0 Å². The third-order valence-electron chi connectivity index (χ3n) is 3.30. The van der Waals surface area contributed by atoms with Gasteiger partial charge in [0.05, 0.1) is 0 Å². The lowest BCUT2D eigenvalue weighted by molar-refractivity contribution is -0.139. The second-order valence-electron chi connectivity index (χ2n) is 4.89. The molecule has 2 amide bonds. The van der Waals surface area contributed by atoms with Crippen LogP contribution in [0.4, 0.5) is 4.79 Å². The number of phenols is 1. The number of carbonyl (C=O) groups is 2. The minimum Gasteiger partial charge on any atom is -0.508 e. The first kappa shape index (κ1) is 16.8. The molecule has 1 atom stereocenters. The predicted octanol–water partition coefficient (Wildman–Crippen LogP) is 1.88. The second kappa shape index (κ2) is 8.14. The zero-order chi connectivity index (χ0) is 15.8. The molecule has 21 heavy (non-hydrogen) atoms. The van der Waals surface area contributed by atoms with Gasteiger partial charge in [-0.2, -0.15) is 0 Å². The average molecular weight is 294 g/mol. The molecule has 4 N–H and O–H groups in total. The van der Waals surface area contributed by atoms with Gasteiger partial charge < -0.3 is 20.8 Å². The number of benzene rings is 1. The summed E-state index contributed by atoms with van der Waals surface area (Å²) < 4.78 is 0. The monoisotopic (exact) mass is 294 g/mol. The maximum absolute atomic E-state index is 11.8. The Balaban J connectivity index is 2.63. The van der Waals surface area contributed by atoms with E-state index in [0.717, 1.165) is 18.4 Å². The van der Waals surface area contributed by atoms with Gasteiger partial charge in [0, 0.05) is 12.5 Å². The number of carbonyl (C=O) groups excluding carboxylic acids is 1. The minimum absolute atomic E-state index is 0.0353. The Morgan fingerprint density at radius 2 is 1.67 bits per heavy atom. The van der Waals surface area contributed by atoms with Gasteiger partial charge in [-0.25, -0.2) is 9.59 Å². The van der Waals surface area contributed by atoms with Crippen LogP contribution >= 0.6 is 0 Å². The molecule has 0 fully saturated rings. The lowest BCUT2D eigenvalue weighted by atomic mass is 10.1. The van der Waals surface area contributed by atoms with Crippen molar-refractivity contribution in [2.45, 2.75) is 45.2 Å². The molecule has 0 saturated carbocycles. The van der Waals surface area contributed by atoms with Crippen molar-refractivity contribution >= 4 is 12.0 Å². The third-order valence-corrected chi connectivity index (χ3v) is 3.30. The van der Waals surface area contributed by atoms with Gasteiger partial charge in [0.15, 0.2) is 0 Å². The molecular weight excluding hydrogens is 272 g/mol. The standard InChI is InChI=1S/C15H22N2O4/c1-3-11(4-2)16-15(21)17-13(14(19)20)9-10-5-7-12(18)8-6-10/h5-8,11,13,18H,3-4,9H2,1-2H3,(H,19,20)(H2,16,17,21)/t13-/m0/s1. The number of nitrogens with one attached hydrogen (secondary N) is 2. The fourth-order valence-electron chi connectivity index (χ4n) is 1.95. The topological polar surface area (TPSA) is 98.7 Å². The smallest absolute Gasteiger partial charge is 0.326 e. The number of hydrogen-bond acceptors (Lipinski definition) is 3. The normalized spacial score (nSPS) is 12.0. The van der Waals surface area contributed by atoms with E-state index in [-0.39, 0.29) is 18.2 Å². The van der Waals surface area contributed by atoms with Crippen LogP contribution in [0.15, 0.2) is 24.3 Å². The Morgan fingerprint density at radius 1 is 1.10 bits per heavy atom. The Hall–Kier alpha value is -2.24. The molecule has 0 heterocycles. The van der Waals surface area contributed by atoms with Crippen molar-refractivity contribution in [2.75, 3.05) is 0 Å². The van der Waals surface area contributed by atoms with E-state index in [9.17, 15) is 19.8 Å². The van der Waals surface area contributed by atoms with Crippen LogP contribution in [0.1, 0.15) is 32.3 Å². The molecule has 6 heteroatoms. The number of carboxylic acids is 1. The van der Waals surface area contributed by atoms with Crippen molar-refractivity contribution in [3.05, 3.63) is 29.8 Å². The summed E-state index contributed by atoms with van der Waals surface area (Å²) in [5.74, 6) is -0.979. The predicted molar refractivity (Wildman–Crippen MR) is 79.3 cm³/mol. The Labute approximate surface area is 124 Å². The fraction of sp³-hybridized carbons (Fsp3) is 0.467. The summed E-state index contributed by atoms with van der Waals surface area (Å²) in [5.41, 5.74) is 0.725. The number of phenolic OH excluding ortho intramolecular Hbond substituents is 1. The number of aromatic hydroxyl groups is 1. The minimum atomic E-state index is -1.09. The first-order valence-electron chi connectivity index (χ1n) is 7.04. The van der Waals surface area contributed by atoms with Crippen molar-refractivity contribution in [1.82, 2.24) is 10.6 Å². The van der Waals surface area contributed by atoms with Gasteiger partial charge >= 0.3 is 12.0 Å². The summed E-state index contributed by atoms with van der Waals surface area (Å²) in [4.78, 5) is 23.0. The summed E-state index contributed by atoms with van der Waals surface area (Å²) in [6.07, 6.45) is 1.74. The summed E-state index contributed by atoms with van der Waals surface area (Å²) in [6, 6.07) is 4.78. The molecule has 0 unspecified atom stereocenters. The first-order valence-corrected chi connectivity index (χ1v) is 7.04. The highest BCUT2D eigenvalue weighted by Gasteiger charge is 2.21. The zero-order valence-corrected chi connectivity index (χ0v) is 12.3. The number of urea groups is 1. The quantitative estimate of drug-likeness (QED) is 0.617. The van der Waals surface area contributed by atoms with E-state index in [2.05, 4.69) is 10.6 Å². The van der Waals surface area contributed by atoms with Crippen LogP contribution in [0, 0.1) is 0 Å². The molecule has 6 nitrogen and oxygen atoms in total. The van der Waals surface area contributed by atoms with E-state index in [1.54, 1.807) is 12.1 Å². The largest absolute Gasteiger partial charge is 0.508 e. The van der Waals surface area contributed by atoms with Gasteiger partial charge in [0.2, 0.25) is 0 Å². The van der Waals surface area contributed by atoms with Gasteiger partial charge in [-0.05, 0) is 30.5 Å². The van der Waals surface area contributed by atoms with E-state index < -0.39 is 18.0 Å². The van der Waals surface area contributed by atoms with Crippen molar-refractivity contribution in [3.63, 3.8) is 0 Å². The van der Waals surface area contributed by atoms with Crippen LogP contribution in [-0.2, 0) is 11.2 Å². The Bertz CT molecular complexity index is 469. The van der Waals surface area contributed by atoms with Crippen LogP contribution in [0.5, 0.6) is 5.75 Å². The van der Waals surface area contributed by atoms with Crippen LogP contribution in [0.2, 0.25) is 0 Å². The maximum atomic E-state index is 11.8. The number of rotatable bonds is 7. The number of carboxylic acid groups (broad SMARTS) is 1. The maximum Gasteiger partial charge on any atom is 0.326 e. The fourth-order valence-corrected chi connectivity index (χ4v) is 1.95. The Kier molecular flexibility index (Phi) is 6.52. The van der Waals surface area contributed by atoms with Crippen LogP contribution in [0.25, 0.3) is 0 Å². The molecule has 0 aliphatic carbocycles. The summed E-state index contributed by atoms with van der Waals surface area (Å²) in [5, 5.41) is 23.6. The van der Waals surface area contributed by atoms with Crippen molar-refractivity contribution in [2.24, 2.45) is 0 Å². The zero-order valence-electron chi connectivity index (χ0n) is 12.3. The van der Waals surface area contributed by atoms with Gasteiger partial charge in [-0.1, -0.05) is 26.0 Å². The molecule has 0 aromatic heterocycles. The van der Waals surface area contributed by atoms with E-state index in [0.29, 0.717) is 0 Å². The van der Waals surface area contributed by atoms with Gasteiger partial charge in [0.25, 0.3) is 0 Å². The number of hydrogen-bond donors (Lipinski definition) is 4. The van der Waals surface area contributed by atoms with Crippen LogP contribution in [-0.4, -0.2) is 34.3 Å². The van der Waals surface area contributed by atoms with Crippen molar-refractivity contribution < 1.29 is 19.8 Å². The second-order valence-corrected chi connectivity index (χ2v) is 4.89. The van der Waals surface area contributed by atoms with Gasteiger partial charge in [-0.3, -0.25) is 0 Å². The average Bonchev–Trinajstić information content (AvgIpc) is 2.46. The number of aliphatic carboxylic acids is 1. The molecular formula is C15H22N2O4. The lowest BCUT2D eigenvalue weighted by Crippen LogP contribution is -2.49. The van der Waals surface area contributed by atoms with E-state index in [1.165, 1.54) is 12.1 Å². The molecule has 1 rings (SSSR count). The SMILES string of the molecule is CCC(CC)NC(=O)N[C@@H](Cc1ccc(O)cc1)C(=O)O. The molecule has 0 bridgehead atoms. The molecule has 0 saturated heterocycles. The summed E-state index contributed by atoms with van der Waals surface area (Å²) >= 11 is 0. The Morgan fingerprint density at radius 3 is 2.14 bits per heavy atom. The molecule has 0 aliphatic rings.